The number of nitrogens with zero attached hydrogens (tertiary/aromatic N) is 6. The molecule has 2 aromatic carbocycles. The molecule has 3 aromatic rings. The number of methoxy groups -OCH3 is 2. The Morgan fingerprint density at radius 3 is 2.40 bits per heavy atom. The van der Waals surface area contributed by atoms with Gasteiger partial charge in [-0.05, 0) is 28.1 Å². The molecule has 0 N–H and O–H groups in total. The van der Waals surface area contributed by atoms with Crippen LogP contribution in [0.2, 0.25) is 0 Å². The Morgan fingerprint density at radius 2 is 1.67 bits per heavy atom. The van der Waals surface area contributed by atoms with Crippen molar-refractivity contribution in [1.29, 1.82) is 0 Å². The minimum Gasteiger partial charge on any atom is -0.495 e. The molecule has 0 bridgehead atoms. The number of hydrogen-bond acceptors (Lipinski definition) is 7. The average molecular weight is 409 g/mol. The van der Waals surface area contributed by atoms with Crippen LogP contribution in [-0.4, -0.2) is 72.1 Å². The lowest BCUT2D eigenvalue weighted by atomic mass is 10.0. The van der Waals surface area contributed by atoms with Crippen LogP contribution in [0.3, 0.4) is 0 Å². The van der Waals surface area contributed by atoms with Crippen LogP contribution >= 0.6 is 0 Å². The third kappa shape index (κ3) is 4.29. The Balaban J connectivity index is 1.57. The van der Waals surface area contributed by atoms with Crippen molar-refractivity contribution < 1.29 is 9.47 Å². The fourth-order valence-electron chi connectivity index (χ4n) is 4.01. The Labute approximate surface area is 177 Å². The van der Waals surface area contributed by atoms with E-state index in [9.17, 15) is 0 Å². The summed E-state index contributed by atoms with van der Waals surface area (Å²) < 4.78 is 12.6. The van der Waals surface area contributed by atoms with E-state index in [1.165, 1.54) is 5.56 Å². The van der Waals surface area contributed by atoms with Crippen molar-refractivity contribution in [2.45, 2.75) is 12.6 Å². The number of piperazine rings is 1. The number of anilines is 1. The molecule has 0 radical (unpaired) electrons. The quantitative estimate of drug-likeness (QED) is 0.566. The molecular formula is C22H28N6O2. The lowest BCUT2D eigenvalue weighted by molar-refractivity contribution is 0.171. The van der Waals surface area contributed by atoms with Gasteiger partial charge in [0, 0.05) is 33.3 Å². The van der Waals surface area contributed by atoms with Crippen molar-refractivity contribution in [2.75, 3.05) is 51.9 Å². The molecule has 1 atom stereocenters. The highest BCUT2D eigenvalue weighted by atomic mass is 16.5. The Hall–Kier alpha value is -2.97. The van der Waals surface area contributed by atoms with E-state index in [4.69, 9.17) is 9.47 Å². The first-order chi connectivity index (χ1) is 14.8. The van der Waals surface area contributed by atoms with Gasteiger partial charge in [0.15, 0.2) is 5.82 Å². The summed E-state index contributed by atoms with van der Waals surface area (Å²) in [6.45, 7) is 4.81. The van der Waals surface area contributed by atoms with Gasteiger partial charge in [-0.2, -0.15) is 0 Å². The van der Waals surface area contributed by atoms with Crippen molar-refractivity contribution in [3.63, 3.8) is 0 Å². The number of aromatic nitrogens is 4. The highest BCUT2D eigenvalue weighted by molar-refractivity contribution is 5.58. The third-order valence-electron chi connectivity index (χ3n) is 5.53. The van der Waals surface area contributed by atoms with Gasteiger partial charge in [-0.1, -0.05) is 42.5 Å². The predicted molar refractivity (Wildman–Crippen MR) is 115 cm³/mol. The molecular weight excluding hydrogens is 380 g/mol. The van der Waals surface area contributed by atoms with E-state index in [2.05, 4.69) is 61.7 Å². The van der Waals surface area contributed by atoms with Crippen molar-refractivity contribution in [1.82, 2.24) is 25.1 Å². The maximum absolute atomic E-state index is 5.56. The second-order valence-corrected chi connectivity index (χ2v) is 7.26. The molecule has 2 heterocycles. The van der Waals surface area contributed by atoms with E-state index in [-0.39, 0.29) is 6.04 Å². The molecule has 1 aliphatic rings. The van der Waals surface area contributed by atoms with Gasteiger partial charge < -0.3 is 14.4 Å². The van der Waals surface area contributed by atoms with Crippen molar-refractivity contribution >= 4 is 5.69 Å². The molecule has 1 aliphatic heterocycles. The highest BCUT2D eigenvalue weighted by Gasteiger charge is 2.31. The molecule has 8 heteroatoms. The highest BCUT2D eigenvalue weighted by Crippen LogP contribution is 2.32. The number of hydrogen-bond donors (Lipinski definition) is 0. The van der Waals surface area contributed by atoms with Crippen LogP contribution in [0.25, 0.3) is 0 Å². The minimum atomic E-state index is -0.00197. The Kier molecular flexibility index (Phi) is 6.56. The van der Waals surface area contributed by atoms with Crippen LogP contribution in [0.15, 0.2) is 54.6 Å². The van der Waals surface area contributed by atoms with Gasteiger partial charge in [-0.25, -0.2) is 4.68 Å². The lowest BCUT2D eigenvalue weighted by Crippen LogP contribution is -2.48. The molecule has 1 fully saturated rings. The molecule has 1 aromatic heterocycles. The molecule has 1 unspecified atom stereocenters. The van der Waals surface area contributed by atoms with Crippen molar-refractivity contribution in [3.8, 4) is 5.75 Å². The summed E-state index contributed by atoms with van der Waals surface area (Å²) in [5.41, 5.74) is 2.33. The van der Waals surface area contributed by atoms with E-state index in [0.717, 1.165) is 43.4 Å². The number of benzene rings is 2. The molecule has 0 spiro atoms. The minimum absolute atomic E-state index is 0.00197. The van der Waals surface area contributed by atoms with Gasteiger partial charge >= 0.3 is 0 Å². The van der Waals surface area contributed by atoms with E-state index >= 15 is 0 Å². The fourth-order valence-corrected chi connectivity index (χ4v) is 4.01. The summed E-state index contributed by atoms with van der Waals surface area (Å²) in [5.74, 6) is 1.76. The summed E-state index contributed by atoms with van der Waals surface area (Å²) in [5, 5.41) is 12.6. The molecule has 158 valence electrons. The van der Waals surface area contributed by atoms with Gasteiger partial charge in [0.1, 0.15) is 5.75 Å². The molecule has 4 rings (SSSR count). The fraction of sp³-hybridized carbons (Fsp3) is 0.409. The van der Waals surface area contributed by atoms with E-state index in [1.54, 1.807) is 14.2 Å². The first-order valence-corrected chi connectivity index (χ1v) is 10.2. The molecule has 8 nitrogen and oxygen atoms in total. The van der Waals surface area contributed by atoms with Gasteiger partial charge in [-0.3, -0.25) is 4.90 Å². The SMILES string of the molecule is COCCn1nnnc1C(c1ccccc1)N1CCN(c2ccccc2OC)CC1. The van der Waals surface area contributed by atoms with Crippen LogP contribution in [0.5, 0.6) is 5.75 Å². The van der Waals surface area contributed by atoms with E-state index < -0.39 is 0 Å². The predicted octanol–water partition coefficient (Wildman–Crippen LogP) is 2.24. The average Bonchev–Trinajstić information content (AvgIpc) is 3.27. The Bertz CT molecular complexity index is 924. The van der Waals surface area contributed by atoms with Crippen LogP contribution in [0.1, 0.15) is 17.4 Å². The first kappa shape index (κ1) is 20.3. The van der Waals surface area contributed by atoms with Crippen LogP contribution < -0.4 is 9.64 Å². The monoisotopic (exact) mass is 408 g/mol. The Morgan fingerprint density at radius 1 is 0.933 bits per heavy atom. The number of rotatable bonds is 8. The zero-order chi connectivity index (χ0) is 20.8. The lowest BCUT2D eigenvalue weighted by Gasteiger charge is -2.40. The number of ether oxygens (including phenoxy) is 2. The largest absolute Gasteiger partial charge is 0.495 e. The van der Waals surface area contributed by atoms with E-state index in [0.29, 0.717) is 13.2 Å². The van der Waals surface area contributed by atoms with Crippen LogP contribution in [0.4, 0.5) is 5.69 Å². The summed E-state index contributed by atoms with van der Waals surface area (Å²) in [7, 11) is 3.41. The summed E-state index contributed by atoms with van der Waals surface area (Å²) in [6.07, 6.45) is 0. The van der Waals surface area contributed by atoms with Crippen LogP contribution in [-0.2, 0) is 11.3 Å². The number of para-hydroxylation sites is 2. The first-order valence-electron chi connectivity index (χ1n) is 10.2. The molecule has 0 aliphatic carbocycles. The number of tetrazole rings is 1. The zero-order valence-electron chi connectivity index (χ0n) is 17.5. The third-order valence-corrected chi connectivity index (χ3v) is 5.53. The van der Waals surface area contributed by atoms with Gasteiger partial charge in [-0.15, -0.1) is 5.10 Å². The molecule has 1 saturated heterocycles. The molecule has 0 amide bonds. The van der Waals surface area contributed by atoms with Crippen molar-refractivity contribution in [3.05, 3.63) is 66.0 Å². The van der Waals surface area contributed by atoms with Crippen LogP contribution in [0, 0.1) is 0 Å². The second-order valence-electron chi connectivity index (χ2n) is 7.26. The molecule has 30 heavy (non-hydrogen) atoms. The topological polar surface area (TPSA) is 68.5 Å². The summed E-state index contributed by atoms with van der Waals surface area (Å²) in [6, 6.07) is 18.6. The van der Waals surface area contributed by atoms with Gasteiger partial charge in [0.25, 0.3) is 0 Å². The summed E-state index contributed by atoms with van der Waals surface area (Å²) in [4.78, 5) is 4.83. The molecule has 0 saturated carbocycles. The maximum Gasteiger partial charge on any atom is 0.173 e. The smallest absolute Gasteiger partial charge is 0.173 e. The maximum atomic E-state index is 5.56. The normalized spacial score (nSPS) is 15.9. The van der Waals surface area contributed by atoms with Crippen molar-refractivity contribution in [2.24, 2.45) is 0 Å². The van der Waals surface area contributed by atoms with Gasteiger partial charge in [0.05, 0.1) is 32.0 Å². The second kappa shape index (κ2) is 9.69. The summed E-state index contributed by atoms with van der Waals surface area (Å²) >= 11 is 0. The zero-order valence-corrected chi connectivity index (χ0v) is 17.5. The van der Waals surface area contributed by atoms with Gasteiger partial charge in [0.2, 0.25) is 0 Å². The standard InChI is InChI=1S/C22H28N6O2/c1-29-17-16-28-22(23-24-25-28)21(18-8-4-3-5-9-18)27-14-12-26(13-15-27)19-10-6-7-11-20(19)30-2/h3-11,21H,12-17H2,1-2H3. The van der Waals surface area contributed by atoms with E-state index in [1.807, 2.05) is 22.9 Å².